The largest absolute Gasteiger partial charge is 0.549 e. The van der Waals surface area contributed by atoms with Crippen molar-refractivity contribution in [3.63, 3.8) is 0 Å². The average Bonchev–Trinajstić information content (AvgIpc) is 2.32. The lowest BCUT2D eigenvalue weighted by molar-refractivity contribution is 0.0947. The first kappa shape index (κ1) is 12.4. The van der Waals surface area contributed by atoms with Crippen LogP contribution in [0, 0.1) is 0 Å². The summed E-state index contributed by atoms with van der Waals surface area (Å²) in [4.78, 5) is 0. The van der Waals surface area contributed by atoms with Gasteiger partial charge in [0.05, 0.1) is 14.2 Å². The molecule has 0 bridgehead atoms. The number of ether oxygens (including phenoxy) is 2. The number of hydrogen-bond acceptors (Lipinski definition) is 4. The number of nitrogen functional groups attached to an aromatic ring is 1. The van der Waals surface area contributed by atoms with E-state index in [0.717, 1.165) is 17.5 Å². The molecule has 0 amide bonds. The third-order valence-electron chi connectivity index (χ3n) is 1.98. The zero-order valence-electron chi connectivity index (χ0n) is 9.60. The topological polar surface area (TPSA) is 53.7 Å². The first-order valence-electron chi connectivity index (χ1n) is 5.02. The van der Waals surface area contributed by atoms with Crippen molar-refractivity contribution < 1.29 is 13.9 Å². The molecule has 0 aromatic heterocycles. The normalized spacial score (nSPS) is 10.1. The van der Waals surface area contributed by atoms with E-state index in [1.807, 2.05) is 30.3 Å². The molecule has 0 unspecified atom stereocenters. The van der Waals surface area contributed by atoms with Gasteiger partial charge in [-0.25, -0.2) is 0 Å². The van der Waals surface area contributed by atoms with Crippen molar-refractivity contribution in [2.24, 2.45) is 0 Å². The number of nitrogens with two attached hydrogens (primary N) is 1. The van der Waals surface area contributed by atoms with E-state index >= 15 is 0 Å². The summed E-state index contributed by atoms with van der Waals surface area (Å²) in [6, 6.07) is 8.27. The van der Waals surface area contributed by atoms with Crippen LogP contribution in [-0.4, -0.2) is 24.0 Å². The summed E-state index contributed by atoms with van der Waals surface area (Å²) in [6.45, 7) is 0. The summed E-state index contributed by atoms with van der Waals surface area (Å²) in [5.74, 6) is 1.40. The Kier molecular flexibility index (Phi) is 5.28. The van der Waals surface area contributed by atoms with Gasteiger partial charge >= 0.3 is 0 Å². The van der Waals surface area contributed by atoms with Crippen LogP contribution in [0.15, 0.2) is 36.3 Å². The van der Waals surface area contributed by atoms with E-state index in [-0.39, 0.29) is 0 Å². The van der Waals surface area contributed by atoms with E-state index in [9.17, 15) is 0 Å². The highest BCUT2D eigenvalue weighted by Gasteiger charge is 1.95. The van der Waals surface area contributed by atoms with Crippen molar-refractivity contribution in [1.29, 1.82) is 0 Å². The average molecular weight is 239 g/mol. The molecule has 88 valence electrons. The molecule has 2 N–H and O–H groups in total. The van der Waals surface area contributed by atoms with Gasteiger partial charge in [-0.15, -0.1) is 0 Å². The minimum Gasteiger partial charge on any atom is -0.549 e. The van der Waals surface area contributed by atoms with Crippen LogP contribution < -0.4 is 10.2 Å². The van der Waals surface area contributed by atoms with E-state index < -0.39 is 9.76 Å². The molecular weight excluding hydrogens is 222 g/mol. The summed E-state index contributed by atoms with van der Waals surface area (Å²) in [6.07, 6.45) is 1.89. The van der Waals surface area contributed by atoms with Crippen LogP contribution in [-0.2, 0) is 9.47 Å². The van der Waals surface area contributed by atoms with Crippen LogP contribution in [0.25, 0.3) is 0 Å². The molecule has 0 saturated heterocycles. The number of anilines is 1. The molecule has 0 spiro atoms. The predicted molar refractivity (Wildman–Crippen MR) is 66.9 cm³/mol. The van der Waals surface area contributed by atoms with Gasteiger partial charge in [-0.05, 0) is 36.4 Å². The van der Waals surface area contributed by atoms with Crippen LogP contribution in [0.1, 0.15) is 0 Å². The standard InChI is InChI=1S/C11H17NO3Si/c1-13-11(14-2)7-8-16-15-10-5-3-9(12)4-6-10/h3-7H,8,12,16H2,1-2H3. The maximum absolute atomic E-state index is 5.63. The molecule has 1 rings (SSSR count). The third-order valence-corrected chi connectivity index (χ3v) is 3.04. The third kappa shape index (κ3) is 4.27. The second-order valence-electron chi connectivity index (χ2n) is 3.14. The van der Waals surface area contributed by atoms with Crippen LogP contribution in [0.3, 0.4) is 0 Å². The molecule has 0 atom stereocenters. The fraction of sp³-hybridized carbons (Fsp3) is 0.273. The van der Waals surface area contributed by atoms with Gasteiger partial charge in [0.25, 0.3) is 5.95 Å². The Morgan fingerprint density at radius 2 is 1.88 bits per heavy atom. The first-order valence-corrected chi connectivity index (χ1v) is 6.60. The summed E-state index contributed by atoms with van der Waals surface area (Å²) < 4.78 is 15.5. The molecule has 0 aliphatic rings. The van der Waals surface area contributed by atoms with E-state index in [0.29, 0.717) is 5.95 Å². The lowest BCUT2D eigenvalue weighted by Gasteiger charge is -2.06. The molecular formula is C11H17NO3Si. The molecule has 5 heteroatoms. The number of allylic oxidation sites excluding steroid dienone is 1. The summed E-state index contributed by atoms with van der Waals surface area (Å²) in [5.41, 5.74) is 6.32. The SMILES string of the molecule is COC(=CC[SiH2]Oc1ccc(N)cc1)OC. The number of benzene rings is 1. The van der Waals surface area contributed by atoms with Crippen molar-refractivity contribution in [3.05, 3.63) is 36.3 Å². The zero-order chi connectivity index (χ0) is 11.8. The van der Waals surface area contributed by atoms with Crippen LogP contribution >= 0.6 is 0 Å². The zero-order valence-corrected chi connectivity index (χ0v) is 11.0. The fourth-order valence-corrected chi connectivity index (χ4v) is 2.07. The van der Waals surface area contributed by atoms with E-state index in [4.69, 9.17) is 19.6 Å². The molecule has 0 saturated carbocycles. The van der Waals surface area contributed by atoms with Gasteiger partial charge in [0.1, 0.15) is 5.75 Å². The minimum atomic E-state index is -0.638. The highest BCUT2D eigenvalue weighted by Crippen LogP contribution is 2.12. The summed E-state index contributed by atoms with van der Waals surface area (Å²) in [5, 5.41) is 0. The monoisotopic (exact) mass is 239 g/mol. The fourth-order valence-electron chi connectivity index (χ4n) is 1.17. The van der Waals surface area contributed by atoms with Crippen molar-refractivity contribution in [3.8, 4) is 5.75 Å². The Balaban J connectivity index is 2.30. The molecule has 16 heavy (non-hydrogen) atoms. The van der Waals surface area contributed by atoms with Crippen molar-refractivity contribution in [2.45, 2.75) is 6.04 Å². The van der Waals surface area contributed by atoms with Crippen LogP contribution in [0.5, 0.6) is 5.75 Å². The second kappa shape index (κ2) is 6.79. The van der Waals surface area contributed by atoms with E-state index in [2.05, 4.69) is 0 Å². The summed E-state index contributed by atoms with van der Waals surface area (Å²) in [7, 11) is 2.52. The van der Waals surface area contributed by atoms with Crippen LogP contribution in [0.4, 0.5) is 5.69 Å². The molecule has 1 aromatic rings. The maximum Gasteiger partial charge on any atom is 0.274 e. The molecule has 1 aromatic carbocycles. The molecule has 0 heterocycles. The lowest BCUT2D eigenvalue weighted by atomic mass is 10.3. The van der Waals surface area contributed by atoms with Gasteiger partial charge in [0.15, 0.2) is 0 Å². The van der Waals surface area contributed by atoms with Gasteiger partial charge in [-0.3, -0.25) is 0 Å². The Bertz CT molecular complexity index is 332. The highest BCUT2D eigenvalue weighted by molar-refractivity contribution is 6.29. The minimum absolute atomic E-state index is 0.536. The summed E-state index contributed by atoms with van der Waals surface area (Å²) >= 11 is 0. The molecule has 0 fully saturated rings. The van der Waals surface area contributed by atoms with Crippen molar-refractivity contribution in [2.75, 3.05) is 20.0 Å². The van der Waals surface area contributed by atoms with Gasteiger partial charge in [0.2, 0.25) is 9.76 Å². The molecule has 0 aliphatic carbocycles. The van der Waals surface area contributed by atoms with Crippen LogP contribution in [0.2, 0.25) is 6.04 Å². The predicted octanol–water partition coefficient (Wildman–Crippen LogP) is 1.28. The maximum atomic E-state index is 5.63. The Hall–Kier alpha value is -1.62. The van der Waals surface area contributed by atoms with Crippen molar-refractivity contribution in [1.82, 2.24) is 0 Å². The Labute approximate surface area is 97.9 Å². The van der Waals surface area contributed by atoms with E-state index in [1.165, 1.54) is 0 Å². The number of methoxy groups -OCH3 is 2. The van der Waals surface area contributed by atoms with E-state index in [1.54, 1.807) is 14.2 Å². The molecule has 0 radical (unpaired) electrons. The Morgan fingerprint density at radius 3 is 2.44 bits per heavy atom. The molecule has 0 aliphatic heterocycles. The second-order valence-corrected chi connectivity index (χ2v) is 4.41. The number of rotatable bonds is 6. The van der Waals surface area contributed by atoms with Gasteiger partial charge < -0.3 is 19.6 Å². The smallest absolute Gasteiger partial charge is 0.274 e. The van der Waals surface area contributed by atoms with Gasteiger partial charge in [0, 0.05) is 5.69 Å². The van der Waals surface area contributed by atoms with Gasteiger partial charge in [-0.2, -0.15) is 0 Å². The number of hydrogen-bond donors (Lipinski definition) is 1. The quantitative estimate of drug-likeness (QED) is 0.352. The molecule has 4 nitrogen and oxygen atoms in total. The highest BCUT2D eigenvalue weighted by atomic mass is 28.2. The van der Waals surface area contributed by atoms with Crippen molar-refractivity contribution >= 4 is 15.5 Å². The lowest BCUT2D eigenvalue weighted by Crippen LogP contribution is -2.01. The first-order chi connectivity index (χ1) is 7.76. The van der Waals surface area contributed by atoms with Gasteiger partial charge in [-0.1, -0.05) is 0 Å². The Morgan fingerprint density at radius 1 is 1.25 bits per heavy atom.